The van der Waals surface area contributed by atoms with Gasteiger partial charge in [-0.15, -0.1) is 11.3 Å². The molecule has 32 heavy (non-hydrogen) atoms. The molecule has 1 saturated carbocycles. The number of benzene rings is 1. The highest BCUT2D eigenvalue weighted by atomic mass is 35.5. The molecule has 3 heterocycles. The molecule has 3 aromatic rings. The summed E-state index contributed by atoms with van der Waals surface area (Å²) < 4.78 is 28.8. The number of aromatic nitrogens is 2. The minimum Gasteiger partial charge on any atom is -0.346 e. The molecule has 0 radical (unpaired) electrons. The van der Waals surface area contributed by atoms with E-state index >= 15 is 0 Å². The van der Waals surface area contributed by atoms with Crippen molar-refractivity contribution >= 4 is 49.8 Å². The summed E-state index contributed by atoms with van der Waals surface area (Å²) >= 11 is 7.44. The molecule has 170 valence electrons. The molecule has 1 fully saturated rings. The van der Waals surface area contributed by atoms with Crippen LogP contribution < -0.4 is 10.0 Å². The molecule has 0 bridgehead atoms. The Balaban J connectivity index is 1.29. The van der Waals surface area contributed by atoms with Gasteiger partial charge in [-0.05, 0) is 50.6 Å². The quantitative estimate of drug-likeness (QED) is 0.506. The van der Waals surface area contributed by atoms with Crippen LogP contribution in [0.1, 0.15) is 39.6 Å². The number of amides is 1. The van der Waals surface area contributed by atoms with Crippen LogP contribution in [0.4, 0.5) is 0 Å². The molecule has 2 atom stereocenters. The van der Waals surface area contributed by atoms with E-state index in [9.17, 15) is 13.2 Å². The fourth-order valence-corrected chi connectivity index (χ4v) is 7.01. The van der Waals surface area contributed by atoms with Crippen LogP contribution in [-0.4, -0.2) is 54.9 Å². The van der Waals surface area contributed by atoms with Crippen molar-refractivity contribution in [2.24, 2.45) is 0 Å². The molecule has 1 aliphatic carbocycles. The van der Waals surface area contributed by atoms with Gasteiger partial charge in [0.2, 0.25) is 0 Å². The average Bonchev–Trinajstić information content (AvgIpc) is 3.45. The van der Waals surface area contributed by atoms with Gasteiger partial charge in [0.15, 0.2) is 5.01 Å². The van der Waals surface area contributed by atoms with E-state index in [2.05, 4.69) is 32.0 Å². The van der Waals surface area contributed by atoms with Crippen LogP contribution >= 0.6 is 22.9 Å². The van der Waals surface area contributed by atoms with E-state index < -0.39 is 10.0 Å². The molecule has 0 saturated heterocycles. The number of rotatable bonds is 5. The number of likely N-dealkylation sites (N-methyl/N-ethyl adjacent to an activating group) is 1. The second kappa shape index (κ2) is 8.42. The number of hydrogen-bond acceptors (Lipinski definition) is 6. The fourth-order valence-electron chi connectivity index (χ4n) is 4.41. The van der Waals surface area contributed by atoms with Gasteiger partial charge in [0.05, 0.1) is 5.69 Å². The predicted molar refractivity (Wildman–Crippen MR) is 125 cm³/mol. The van der Waals surface area contributed by atoms with Crippen molar-refractivity contribution in [3.63, 3.8) is 0 Å². The Labute approximate surface area is 195 Å². The number of nitrogens with zero attached hydrogens (tertiary/aromatic N) is 2. The van der Waals surface area contributed by atoms with Gasteiger partial charge < -0.3 is 15.2 Å². The third-order valence-corrected chi connectivity index (χ3v) is 8.83. The zero-order valence-electron chi connectivity index (χ0n) is 17.5. The number of fused-ring (bicyclic) bond motifs is 2. The maximum Gasteiger partial charge on any atom is 0.280 e. The highest BCUT2D eigenvalue weighted by molar-refractivity contribution is 7.89. The van der Waals surface area contributed by atoms with Gasteiger partial charge in [-0.2, -0.15) is 0 Å². The lowest BCUT2D eigenvalue weighted by molar-refractivity contribution is 0.0932. The molecule has 1 amide bonds. The van der Waals surface area contributed by atoms with Crippen LogP contribution in [0, 0.1) is 0 Å². The highest BCUT2D eigenvalue weighted by Gasteiger charge is 2.34. The molecule has 3 N–H and O–H groups in total. The molecule has 8 nitrogen and oxygen atoms in total. The van der Waals surface area contributed by atoms with Crippen molar-refractivity contribution in [2.45, 2.75) is 49.3 Å². The number of carbonyl (C=O) groups excluding carboxylic acids is 1. The van der Waals surface area contributed by atoms with Crippen molar-refractivity contribution in [1.29, 1.82) is 0 Å². The number of H-pyrrole nitrogens is 1. The minimum absolute atomic E-state index is 0.0865. The monoisotopic (exact) mass is 493 g/mol. The maximum atomic E-state index is 13.0. The van der Waals surface area contributed by atoms with Crippen molar-refractivity contribution in [1.82, 2.24) is 24.9 Å². The highest BCUT2D eigenvalue weighted by Crippen LogP contribution is 2.27. The smallest absolute Gasteiger partial charge is 0.280 e. The van der Waals surface area contributed by atoms with Crippen LogP contribution in [0.2, 0.25) is 5.02 Å². The first-order chi connectivity index (χ1) is 15.3. The van der Waals surface area contributed by atoms with Crippen molar-refractivity contribution < 1.29 is 13.2 Å². The summed E-state index contributed by atoms with van der Waals surface area (Å²) in [4.78, 5) is 23.7. The van der Waals surface area contributed by atoms with Gasteiger partial charge in [0, 0.05) is 52.4 Å². The van der Waals surface area contributed by atoms with E-state index in [4.69, 9.17) is 11.6 Å². The number of aromatic amines is 1. The molecule has 1 aromatic carbocycles. The Morgan fingerprint density at radius 3 is 2.94 bits per heavy atom. The number of carbonyl (C=O) groups is 1. The largest absolute Gasteiger partial charge is 0.346 e. The molecule has 11 heteroatoms. The number of sulfonamides is 1. The summed E-state index contributed by atoms with van der Waals surface area (Å²) in [5.41, 5.74) is 1.70. The maximum absolute atomic E-state index is 13.0. The third-order valence-electron chi connectivity index (χ3n) is 6.10. The molecular weight excluding hydrogens is 470 g/mol. The fraction of sp³-hybridized carbons (Fsp3) is 0.429. The molecule has 1 aliphatic heterocycles. The average molecular weight is 494 g/mol. The first-order valence-corrected chi connectivity index (χ1v) is 13.2. The van der Waals surface area contributed by atoms with E-state index in [0.29, 0.717) is 22.0 Å². The Morgan fingerprint density at radius 1 is 1.28 bits per heavy atom. The second-order valence-electron chi connectivity index (χ2n) is 8.48. The number of nitrogens with one attached hydrogen (secondary N) is 3. The van der Waals surface area contributed by atoms with E-state index in [-0.39, 0.29) is 23.0 Å². The zero-order chi connectivity index (χ0) is 22.5. The summed E-state index contributed by atoms with van der Waals surface area (Å²) in [5, 5.41) is 4.82. The molecule has 5 rings (SSSR count). The molecular formula is C21H24ClN5O3S2. The van der Waals surface area contributed by atoms with Gasteiger partial charge >= 0.3 is 0 Å². The normalized spacial score (nSPS) is 21.7. The lowest BCUT2D eigenvalue weighted by atomic mass is 10.2. The molecule has 0 spiro atoms. The zero-order valence-corrected chi connectivity index (χ0v) is 19.9. The molecule has 2 aliphatic rings. The molecule has 2 aromatic heterocycles. The predicted octanol–water partition coefficient (Wildman–Crippen LogP) is 2.90. The van der Waals surface area contributed by atoms with Crippen LogP contribution in [-0.2, 0) is 23.0 Å². The van der Waals surface area contributed by atoms with Crippen LogP contribution in [0.3, 0.4) is 0 Å². The van der Waals surface area contributed by atoms with Crippen LogP contribution in [0.5, 0.6) is 0 Å². The number of halogens is 1. The van der Waals surface area contributed by atoms with E-state index in [1.165, 1.54) is 11.3 Å². The van der Waals surface area contributed by atoms with Gasteiger partial charge in [0.1, 0.15) is 5.03 Å². The summed E-state index contributed by atoms with van der Waals surface area (Å²) in [7, 11) is -1.72. The summed E-state index contributed by atoms with van der Waals surface area (Å²) in [6.07, 6.45) is 3.06. The first-order valence-electron chi connectivity index (χ1n) is 10.6. The second-order valence-corrected chi connectivity index (χ2v) is 11.7. The van der Waals surface area contributed by atoms with Crippen molar-refractivity contribution in [2.75, 3.05) is 13.6 Å². The van der Waals surface area contributed by atoms with Crippen LogP contribution in [0.15, 0.2) is 29.3 Å². The van der Waals surface area contributed by atoms with Gasteiger partial charge in [-0.3, -0.25) is 4.79 Å². The van der Waals surface area contributed by atoms with Gasteiger partial charge in [-0.1, -0.05) is 11.6 Å². The third kappa shape index (κ3) is 4.29. The Kier molecular flexibility index (Phi) is 5.75. The Hall–Kier alpha value is -1.98. The van der Waals surface area contributed by atoms with E-state index in [1.54, 1.807) is 24.3 Å². The van der Waals surface area contributed by atoms with Gasteiger partial charge in [0.25, 0.3) is 15.9 Å². The summed E-state index contributed by atoms with van der Waals surface area (Å²) in [6.45, 7) is 1.74. The number of thiazole rings is 1. The number of hydrogen-bond donors (Lipinski definition) is 3. The SMILES string of the molecule is CN1CCc2nc(C(=O)N[C@H]3CCC[C@H]3NS(=O)(=O)c3cc4cc(Cl)ccc4[nH]3)sc2C1. The Bertz CT molecular complexity index is 1290. The van der Waals surface area contributed by atoms with E-state index in [1.807, 2.05) is 0 Å². The first kappa shape index (κ1) is 21.8. The minimum atomic E-state index is -3.78. The van der Waals surface area contributed by atoms with Crippen molar-refractivity contribution in [3.05, 3.63) is 44.9 Å². The van der Waals surface area contributed by atoms with Crippen LogP contribution in [0.25, 0.3) is 10.9 Å². The topological polar surface area (TPSA) is 107 Å². The van der Waals surface area contributed by atoms with E-state index in [0.717, 1.165) is 48.3 Å². The Morgan fingerprint density at radius 2 is 2.09 bits per heavy atom. The molecule has 0 unspecified atom stereocenters. The summed E-state index contributed by atoms with van der Waals surface area (Å²) in [5.74, 6) is -0.233. The van der Waals surface area contributed by atoms with Crippen molar-refractivity contribution in [3.8, 4) is 0 Å². The lowest BCUT2D eigenvalue weighted by Gasteiger charge is -2.21. The lowest BCUT2D eigenvalue weighted by Crippen LogP contribution is -2.48. The van der Waals surface area contributed by atoms with Gasteiger partial charge in [-0.25, -0.2) is 18.1 Å². The summed E-state index contributed by atoms with van der Waals surface area (Å²) in [6, 6.07) is 6.10. The standard InChI is InChI=1S/C21H24ClN5O3S2/c1-27-8-7-17-18(11-27)31-21(25-17)20(28)24-15-3-2-4-16(15)26-32(29,30)19-10-12-9-13(22)5-6-14(12)23-19/h5-6,9-10,15-16,23,26H,2-4,7-8,11H2,1H3,(H,24,28)/t15-,16+/m0/s1.